The summed E-state index contributed by atoms with van der Waals surface area (Å²) in [6, 6.07) is 6.97. The molecule has 1 N–H and O–H groups in total. The summed E-state index contributed by atoms with van der Waals surface area (Å²) in [5, 5.41) is 29.6. The maximum Gasteiger partial charge on any atom is 0.213 e. The van der Waals surface area contributed by atoms with Crippen LogP contribution in [-0.4, -0.2) is 52.2 Å². The van der Waals surface area contributed by atoms with E-state index < -0.39 is 17.7 Å². The first-order valence-corrected chi connectivity index (χ1v) is 9.32. The van der Waals surface area contributed by atoms with E-state index in [1.54, 1.807) is 18.2 Å². The van der Waals surface area contributed by atoms with Gasteiger partial charge in [0.05, 0.1) is 17.7 Å². The molecule has 7 nitrogen and oxygen atoms in total. The first kappa shape index (κ1) is 19.0. The second kappa shape index (κ2) is 7.46. The predicted molar refractivity (Wildman–Crippen MR) is 101 cm³/mol. The van der Waals surface area contributed by atoms with Crippen molar-refractivity contribution in [3.63, 3.8) is 0 Å². The summed E-state index contributed by atoms with van der Waals surface area (Å²) < 4.78 is 6.00. The number of fused-ring (bicyclic) bond motifs is 1. The van der Waals surface area contributed by atoms with Crippen LogP contribution in [0.2, 0.25) is 0 Å². The van der Waals surface area contributed by atoms with Crippen molar-refractivity contribution in [3.05, 3.63) is 29.3 Å². The topological polar surface area (TPSA) is 95.9 Å². The van der Waals surface area contributed by atoms with Gasteiger partial charge in [-0.25, -0.2) is 0 Å². The lowest BCUT2D eigenvalue weighted by atomic mass is 9.85. The van der Waals surface area contributed by atoms with Crippen LogP contribution in [0.25, 0.3) is 0 Å². The number of nitrogens with zero attached hydrogens (tertiary/aromatic N) is 5. The van der Waals surface area contributed by atoms with E-state index in [1.165, 1.54) is 0 Å². The minimum absolute atomic E-state index is 0.434. The SMILES string of the molecule is CCCCN1CCN(C2c3cc(C#N)ccc3OC(C)(C)C2O)/C1=N/C#N. The highest BCUT2D eigenvalue weighted by molar-refractivity contribution is 5.83. The Labute approximate surface area is 160 Å². The van der Waals surface area contributed by atoms with Gasteiger partial charge in [0.1, 0.15) is 17.5 Å². The van der Waals surface area contributed by atoms with E-state index in [1.807, 2.05) is 24.9 Å². The Morgan fingerprint density at radius 2 is 2.11 bits per heavy atom. The fourth-order valence-electron chi connectivity index (χ4n) is 3.79. The molecule has 7 heteroatoms. The summed E-state index contributed by atoms with van der Waals surface area (Å²) in [6.45, 7) is 8.03. The molecule has 3 rings (SSSR count). The number of hydrogen-bond donors (Lipinski definition) is 1. The van der Waals surface area contributed by atoms with Gasteiger partial charge in [-0.2, -0.15) is 10.5 Å². The van der Waals surface area contributed by atoms with Crippen molar-refractivity contribution in [2.75, 3.05) is 19.6 Å². The van der Waals surface area contributed by atoms with Crippen LogP contribution in [0.15, 0.2) is 23.2 Å². The number of rotatable bonds is 4. The Morgan fingerprint density at radius 1 is 1.33 bits per heavy atom. The maximum absolute atomic E-state index is 11.1. The number of guanidine groups is 1. The molecule has 2 heterocycles. The molecule has 1 aromatic carbocycles. The van der Waals surface area contributed by atoms with Crippen molar-refractivity contribution in [2.45, 2.75) is 51.4 Å². The van der Waals surface area contributed by atoms with Gasteiger partial charge < -0.3 is 19.6 Å². The molecule has 2 unspecified atom stereocenters. The first-order valence-electron chi connectivity index (χ1n) is 9.32. The van der Waals surface area contributed by atoms with Crippen LogP contribution in [0.1, 0.15) is 50.8 Å². The van der Waals surface area contributed by atoms with Crippen LogP contribution in [0.3, 0.4) is 0 Å². The van der Waals surface area contributed by atoms with Gasteiger partial charge in [-0.05, 0) is 38.5 Å². The average Bonchev–Trinajstić information content (AvgIpc) is 3.03. The number of aliphatic hydroxyl groups excluding tert-OH is 1. The lowest BCUT2D eigenvalue weighted by Crippen LogP contribution is -2.54. The number of nitriles is 2. The molecular weight excluding hydrogens is 342 g/mol. The van der Waals surface area contributed by atoms with E-state index in [0.717, 1.165) is 31.5 Å². The monoisotopic (exact) mass is 367 g/mol. The average molecular weight is 367 g/mol. The Kier molecular flexibility index (Phi) is 5.25. The number of aliphatic hydroxyl groups is 1. The standard InChI is InChI=1S/C20H25N5O2/c1-4-5-8-24-9-10-25(19(24)23-13-22)17-15-11-14(12-21)6-7-16(15)27-20(2,3)18(17)26/h6-7,11,17-18,26H,4-5,8-10H2,1-3H3/b23-19+. The van der Waals surface area contributed by atoms with Crippen molar-refractivity contribution in [3.8, 4) is 18.0 Å². The van der Waals surface area contributed by atoms with Crippen LogP contribution in [0.5, 0.6) is 5.75 Å². The van der Waals surface area contributed by atoms with Crippen LogP contribution in [0.4, 0.5) is 0 Å². The molecule has 0 bridgehead atoms. The van der Waals surface area contributed by atoms with Crippen LogP contribution < -0.4 is 4.74 Å². The van der Waals surface area contributed by atoms with Crippen molar-refractivity contribution in [2.24, 2.45) is 4.99 Å². The molecule has 2 aliphatic rings. The summed E-state index contributed by atoms with van der Waals surface area (Å²) in [7, 11) is 0. The third kappa shape index (κ3) is 3.43. The zero-order valence-corrected chi connectivity index (χ0v) is 16.0. The normalized spacial score (nSPS) is 24.9. The molecule has 0 aromatic heterocycles. The van der Waals surface area contributed by atoms with Crippen molar-refractivity contribution < 1.29 is 9.84 Å². The second-order valence-electron chi connectivity index (χ2n) is 7.51. The molecule has 0 aliphatic carbocycles. The fraction of sp³-hybridized carbons (Fsp3) is 0.550. The summed E-state index contributed by atoms with van der Waals surface area (Å²) >= 11 is 0. The molecule has 2 atom stereocenters. The number of hydrogen-bond acceptors (Lipinski definition) is 5. The lowest BCUT2D eigenvalue weighted by Gasteiger charge is -2.45. The van der Waals surface area contributed by atoms with Gasteiger partial charge in [0.25, 0.3) is 0 Å². The molecule has 27 heavy (non-hydrogen) atoms. The van der Waals surface area contributed by atoms with Crippen molar-refractivity contribution in [1.29, 1.82) is 10.5 Å². The van der Waals surface area contributed by atoms with Crippen molar-refractivity contribution >= 4 is 5.96 Å². The van der Waals surface area contributed by atoms with Crippen LogP contribution >= 0.6 is 0 Å². The minimum Gasteiger partial charge on any atom is -0.485 e. The van der Waals surface area contributed by atoms with Gasteiger partial charge in [-0.15, -0.1) is 4.99 Å². The lowest BCUT2D eigenvalue weighted by molar-refractivity contribution is -0.0801. The van der Waals surface area contributed by atoms with E-state index >= 15 is 0 Å². The quantitative estimate of drug-likeness (QED) is 0.821. The largest absolute Gasteiger partial charge is 0.485 e. The van der Waals surface area contributed by atoms with Gasteiger partial charge in [0, 0.05) is 25.2 Å². The molecule has 0 saturated carbocycles. The number of aliphatic imine (C=N–C) groups is 1. The van der Waals surface area contributed by atoms with Gasteiger partial charge in [0.15, 0.2) is 0 Å². The number of unbranched alkanes of at least 4 members (excludes halogenated alkanes) is 1. The van der Waals surface area contributed by atoms with Crippen LogP contribution in [0, 0.1) is 22.8 Å². The van der Waals surface area contributed by atoms with Gasteiger partial charge in [-0.3, -0.25) is 0 Å². The molecule has 0 spiro atoms. The van der Waals surface area contributed by atoms with E-state index in [4.69, 9.17) is 4.74 Å². The maximum atomic E-state index is 11.1. The summed E-state index contributed by atoms with van der Waals surface area (Å²) in [5.41, 5.74) is 0.458. The molecule has 0 radical (unpaired) electrons. The smallest absolute Gasteiger partial charge is 0.213 e. The summed E-state index contributed by atoms with van der Waals surface area (Å²) in [4.78, 5) is 8.14. The highest BCUT2D eigenvalue weighted by atomic mass is 16.5. The highest BCUT2D eigenvalue weighted by Crippen LogP contribution is 2.44. The van der Waals surface area contributed by atoms with Gasteiger partial charge >= 0.3 is 0 Å². The Hall–Kier alpha value is -2.77. The summed E-state index contributed by atoms with van der Waals surface area (Å²) in [5.74, 6) is 1.23. The van der Waals surface area contributed by atoms with Gasteiger partial charge in [0.2, 0.25) is 12.2 Å². The summed E-state index contributed by atoms with van der Waals surface area (Å²) in [6.07, 6.45) is 3.13. The Balaban J connectivity index is 2.05. The molecule has 1 fully saturated rings. The first-order chi connectivity index (χ1) is 12.9. The third-order valence-corrected chi connectivity index (χ3v) is 5.26. The van der Waals surface area contributed by atoms with E-state index in [-0.39, 0.29) is 0 Å². The Bertz CT molecular complexity index is 821. The zero-order chi connectivity index (χ0) is 19.6. The minimum atomic E-state index is -0.839. The Morgan fingerprint density at radius 3 is 2.78 bits per heavy atom. The van der Waals surface area contributed by atoms with E-state index in [0.29, 0.717) is 23.8 Å². The third-order valence-electron chi connectivity index (χ3n) is 5.26. The molecule has 0 amide bonds. The molecule has 142 valence electrons. The molecule has 2 aliphatic heterocycles. The zero-order valence-electron chi connectivity index (χ0n) is 16.0. The molecule has 1 saturated heterocycles. The van der Waals surface area contributed by atoms with Gasteiger partial charge in [-0.1, -0.05) is 13.3 Å². The van der Waals surface area contributed by atoms with E-state index in [2.05, 4.69) is 22.9 Å². The van der Waals surface area contributed by atoms with Crippen LogP contribution in [-0.2, 0) is 0 Å². The highest BCUT2D eigenvalue weighted by Gasteiger charge is 2.48. The van der Waals surface area contributed by atoms with E-state index in [9.17, 15) is 15.6 Å². The number of benzene rings is 1. The molecule has 1 aromatic rings. The molecular formula is C20H25N5O2. The second-order valence-corrected chi connectivity index (χ2v) is 7.51. The predicted octanol–water partition coefficient (Wildman–Crippen LogP) is 2.39. The number of ether oxygens (including phenoxy) is 1. The van der Waals surface area contributed by atoms with Crippen molar-refractivity contribution in [1.82, 2.24) is 9.80 Å². The fourth-order valence-corrected chi connectivity index (χ4v) is 3.79.